The van der Waals surface area contributed by atoms with Crippen molar-refractivity contribution in [2.24, 2.45) is 0 Å². The van der Waals surface area contributed by atoms with Crippen molar-refractivity contribution < 1.29 is 20.1 Å². The van der Waals surface area contributed by atoms with Crippen LogP contribution in [0.2, 0.25) is 0 Å². The molecule has 2 atom stereocenters. The number of aliphatic hydroxyl groups excluding tert-OH is 2. The van der Waals surface area contributed by atoms with E-state index < -0.39 is 18.2 Å². The van der Waals surface area contributed by atoms with E-state index in [4.69, 9.17) is 5.11 Å². The largest absolute Gasteiger partial charge is 0.481 e. The Balaban J connectivity index is 4.08. The number of rotatable bonds is 26. The number of carboxylic acid groups (broad SMARTS) is 1. The highest BCUT2D eigenvalue weighted by molar-refractivity contribution is 5.66. The van der Waals surface area contributed by atoms with Gasteiger partial charge in [0.2, 0.25) is 0 Å². The van der Waals surface area contributed by atoms with Gasteiger partial charge in [-0.05, 0) is 25.8 Å². The minimum absolute atomic E-state index is 0.138. The summed E-state index contributed by atoms with van der Waals surface area (Å²) in [6.07, 6.45) is 21.5. The van der Waals surface area contributed by atoms with Crippen LogP contribution < -0.4 is 0 Å². The summed E-state index contributed by atoms with van der Waals surface area (Å²) in [4.78, 5) is 13.0. The Morgan fingerprint density at radius 3 is 1.33 bits per heavy atom. The molecule has 0 unspecified atom stereocenters. The molecule has 0 amide bonds. The van der Waals surface area contributed by atoms with Crippen LogP contribution in [-0.4, -0.2) is 58.0 Å². The molecule has 0 saturated heterocycles. The number of aliphatic carboxylic acids is 1. The van der Waals surface area contributed by atoms with Gasteiger partial charge in [-0.25, -0.2) is 0 Å². The molecule has 5 nitrogen and oxygen atoms in total. The van der Waals surface area contributed by atoms with Crippen LogP contribution in [0.1, 0.15) is 142 Å². The highest BCUT2D eigenvalue weighted by Crippen LogP contribution is 2.14. The maximum atomic E-state index is 10.9. The number of carbonyl (C=O) groups is 1. The molecule has 198 valence electrons. The van der Waals surface area contributed by atoms with Crippen LogP contribution in [0.4, 0.5) is 0 Å². The quantitative estimate of drug-likeness (QED) is 0.119. The fourth-order valence-electron chi connectivity index (χ4n) is 4.52. The monoisotopic (exact) mass is 471 g/mol. The van der Waals surface area contributed by atoms with Crippen LogP contribution >= 0.6 is 0 Å². The van der Waals surface area contributed by atoms with Crippen LogP contribution in [0, 0.1) is 0 Å². The van der Waals surface area contributed by atoms with E-state index in [1.165, 1.54) is 89.9 Å². The summed E-state index contributed by atoms with van der Waals surface area (Å²) in [5.74, 6) is -0.783. The Morgan fingerprint density at radius 1 is 0.606 bits per heavy atom. The van der Waals surface area contributed by atoms with Crippen LogP contribution in [0.5, 0.6) is 0 Å². The van der Waals surface area contributed by atoms with Crippen LogP contribution in [0.3, 0.4) is 0 Å². The molecule has 0 aliphatic heterocycles. The number of hydrogen-bond acceptors (Lipinski definition) is 4. The maximum Gasteiger partial charge on any atom is 0.303 e. The van der Waals surface area contributed by atoms with Crippen LogP contribution in [0.15, 0.2) is 0 Å². The minimum Gasteiger partial charge on any atom is -0.481 e. The van der Waals surface area contributed by atoms with Crippen molar-refractivity contribution in [2.75, 3.05) is 19.6 Å². The molecule has 0 radical (unpaired) electrons. The lowest BCUT2D eigenvalue weighted by Gasteiger charge is -2.27. The Morgan fingerprint density at radius 2 is 0.970 bits per heavy atom. The standard InChI is InChI=1S/C28H57NO4/c1-3-5-7-9-11-13-15-17-20-26(30)24-29(23-19-22-28(32)33)25-27(31)21-18-16-14-12-10-8-6-4-2/h26-27,30-31H,3-25H2,1-2H3,(H,32,33)/t26-,27-/m1/s1. The average Bonchev–Trinajstić information content (AvgIpc) is 2.77. The number of nitrogens with zero attached hydrogens (tertiary/aromatic N) is 1. The fraction of sp³-hybridized carbons (Fsp3) is 0.964. The Kier molecular flexibility index (Phi) is 24.0. The van der Waals surface area contributed by atoms with E-state index in [2.05, 4.69) is 18.7 Å². The molecule has 0 rings (SSSR count). The van der Waals surface area contributed by atoms with E-state index in [9.17, 15) is 15.0 Å². The molecule has 0 aromatic heterocycles. The van der Waals surface area contributed by atoms with E-state index >= 15 is 0 Å². The zero-order chi connectivity index (χ0) is 24.6. The SMILES string of the molecule is CCCCCCCCCC[C@@H](O)CN(CCCC(=O)O)C[C@H](O)CCCCCCCCCC. The van der Waals surface area contributed by atoms with Crippen molar-refractivity contribution >= 4 is 5.97 Å². The zero-order valence-corrected chi connectivity index (χ0v) is 22.1. The van der Waals surface area contributed by atoms with Crippen LogP contribution in [-0.2, 0) is 4.79 Å². The Bertz CT molecular complexity index is 391. The van der Waals surface area contributed by atoms with Crippen molar-refractivity contribution in [1.29, 1.82) is 0 Å². The third-order valence-electron chi connectivity index (χ3n) is 6.58. The summed E-state index contributed by atoms with van der Waals surface area (Å²) in [6.45, 7) is 6.16. The summed E-state index contributed by atoms with van der Waals surface area (Å²) in [6, 6.07) is 0. The molecular weight excluding hydrogens is 414 g/mol. The first-order valence-electron chi connectivity index (χ1n) is 14.3. The molecular formula is C28H57NO4. The summed E-state index contributed by atoms with van der Waals surface area (Å²) >= 11 is 0. The third-order valence-corrected chi connectivity index (χ3v) is 6.58. The van der Waals surface area contributed by atoms with Gasteiger partial charge in [-0.3, -0.25) is 9.69 Å². The predicted octanol–water partition coefficient (Wildman–Crippen LogP) is 6.94. The van der Waals surface area contributed by atoms with Crippen molar-refractivity contribution in [1.82, 2.24) is 4.90 Å². The number of unbranched alkanes of at least 4 members (excludes halogenated alkanes) is 14. The molecule has 0 aliphatic rings. The number of aliphatic hydroxyl groups is 2. The second kappa shape index (κ2) is 24.5. The Labute approximate surface area is 205 Å². The molecule has 0 aromatic rings. The summed E-state index contributed by atoms with van der Waals surface area (Å²) < 4.78 is 0. The highest BCUT2D eigenvalue weighted by atomic mass is 16.4. The third kappa shape index (κ3) is 24.3. The lowest BCUT2D eigenvalue weighted by molar-refractivity contribution is -0.137. The number of carboxylic acids is 1. The van der Waals surface area contributed by atoms with Gasteiger partial charge >= 0.3 is 5.97 Å². The first-order valence-corrected chi connectivity index (χ1v) is 14.3. The van der Waals surface area contributed by atoms with E-state index in [-0.39, 0.29) is 6.42 Å². The smallest absolute Gasteiger partial charge is 0.303 e. The topological polar surface area (TPSA) is 81.0 Å². The fourth-order valence-corrected chi connectivity index (χ4v) is 4.52. The van der Waals surface area contributed by atoms with Gasteiger partial charge in [0.15, 0.2) is 0 Å². The summed E-state index contributed by atoms with van der Waals surface area (Å²) in [5.41, 5.74) is 0. The maximum absolute atomic E-state index is 10.9. The van der Waals surface area contributed by atoms with E-state index in [0.717, 1.165) is 25.7 Å². The first-order chi connectivity index (χ1) is 16.0. The van der Waals surface area contributed by atoms with E-state index in [0.29, 0.717) is 26.1 Å². The van der Waals surface area contributed by atoms with Gasteiger partial charge in [0.1, 0.15) is 0 Å². The molecule has 0 aliphatic carbocycles. The molecule has 0 fully saturated rings. The molecule has 5 heteroatoms. The van der Waals surface area contributed by atoms with Crippen molar-refractivity contribution in [3.05, 3.63) is 0 Å². The summed E-state index contributed by atoms with van der Waals surface area (Å²) in [7, 11) is 0. The van der Waals surface area contributed by atoms with Gasteiger partial charge in [-0.1, -0.05) is 117 Å². The predicted molar refractivity (Wildman–Crippen MR) is 140 cm³/mol. The molecule has 0 bridgehead atoms. The van der Waals surface area contributed by atoms with Gasteiger partial charge in [-0.15, -0.1) is 0 Å². The first kappa shape index (κ1) is 32.4. The molecule has 3 N–H and O–H groups in total. The average molecular weight is 472 g/mol. The molecule has 0 heterocycles. The Hall–Kier alpha value is -0.650. The molecule has 0 aromatic carbocycles. The van der Waals surface area contributed by atoms with Crippen LogP contribution in [0.25, 0.3) is 0 Å². The van der Waals surface area contributed by atoms with Gasteiger partial charge < -0.3 is 15.3 Å². The van der Waals surface area contributed by atoms with Gasteiger partial charge in [0.25, 0.3) is 0 Å². The zero-order valence-electron chi connectivity index (χ0n) is 22.1. The van der Waals surface area contributed by atoms with Crippen molar-refractivity contribution in [2.45, 2.75) is 154 Å². The molecule has 33 heavy (non-hydrogen) atoms. The number of hydrogen-bond donors (Lipinski definition) is 3. The summed E-state index contributed by atoms with van der Waals surface area (Å²) in [5, 5.41) is 30.0. The minimum atomic E-state index is -0.783. The van der Waals surface area contributed by atoms with Gasteiger partial charge in [0.05, 0.1) is 12.2 Å². The van der Waals surface area contributed by atoms with E-state index in [1.54, 1.807) is 0 Å². The molecule has 0 spiro atoms. The second-order valence-electron chi connectivity index (χ2n) is 10.1. The van der Waals surface area contributed by atoms with E-state index in [1.807, 2.05) is 0 Å². The van der Waals surface area contributed by atoms with Crippen molar-refractivity contribution in [3.63, 3.8) is 0 Å². The normalized spacial score (nSPS) is 13.5. The highest BCUT2D eigenvalue weighted by Gasteiger charge is 2.16. The molecule has 0 saturated carbocycles. The lowest BCUT2D eigenvalue weighted by atomic mass is 10.0. The lowest BCUT2D eigenvalue weighted by Crippen LogP contribution is -2.38. The second-order valence-corrected chi connectivity index (χ2v) is 10.1. The van der Waals surface area contributed by atoms with Gasteiger partial charge in [0, 0.05) is 19.5 Å². The van der Waals surface area contributed by atoms with Gasteiger partial charge in [-0.2, -0.15) is 0 Å². The van der Waals surface area contributed by atoms with Crippen molar-refractivity contribution in [3.8, 4) is 0 Å².